The monoisotopic (exact) mass is 280 g/mol. The third kappa shape index (κ3) is 2.32. The summed E-state index contributed by atoms with van der Waals surface area (Å²) in [5.74, 6) is 5.78. The van der Waals surface area contributed by atoms with Crippen molar-refractivity contribution in [3.63, 3.8) is 0 Å². The quantitative estimate of drug-likeness (QED) is 0.586. The van der Waals surface area contributed by atoms with Crippen LogP contribution in [0.5, 0.6) is 0 Å². The highest BCUT2D eigenvalue weighted by molar-refractivity contribution is 6.34. The zero-order chi connectivity index (χ0) is 13.9. The number of fused-ring (bicyclic) bond motifs is 1. The van der Waals surface area contributed by atoms with E-state index in [1.165, 1.54) is 6.26 Å². The minimum Gasteiger partial charge on any atom is -0.461 e. The fourth-order valence-electron chi connectivity index (χ4n) is 1.87. The number of hydrogen-bond donors (Lipinski definition) is 0. The van der Waals surface area contributed by atoms with E-state index in [1.807, 2.05) is 30.3 Å². The smallest absolute Gasteiger partial charge is 0.208 e. The van der Waals surface area contributed by atoms with Gasteiger partial charge in [-0.1, -0.05) is 47.7 Å². The normalized spacial score (nSPS) is 10.1. The molecule has 0 bridgehead atoms. The number of para-hydroxylation sites is 1. The minimum absolute atomic E-state index is 0.169. The second kappa shape index (κ2) is 5.24. The first-order valence-corrected chi connectivity index (χ1v) is 6.40. The molecule has 3 aromatic rings. The first-order valence-electron chi connectivity index (χ1n) is 6.03. The maximum atomic E-state index is 12.3. The largest absolute Gasteiger partial charge is 0.461 e. The van der Waals surface area contributed by atoms with Crippen molar-refractivity contribution < 1.29 is 4.42 Å². The Kier molecular flexibility index (Phi) is 3.28. The van der Waals surface area contributed by atoms with Gasteiger partial charge in [-0.15, -0.1) is 0 Å². The Balaban J connectivity index is 2.13. The van der Waals surface area contributed by atoms with E-state index in [1.54, 1.807) is 18.2 Å². The van der Waals surface area contributed by atoms with Crippen LogP contribution in [0.4, 0.5) is 0 Å². The number of benzene rings is 2. The number of halogens is 1. The van der Waals surface area contributed by atoms with Crippen molar-refractivity contribution >= 4 is 22.6 Å². The van der Waals surface area contributed by atoms with Gasteiger partial charge < -0.3 is 4.42 Å². The standard InChI is InChI=1S/C17H9ClO2/c18-15-8-4-7-14-16(19)13(11-20-17(14)15)10-9-12-5-2-1-3-6-12/h1-8,11H. The van der Waals surface area contributed by atoms with Gasteiger partial charge in [-0.2, -0.15) is 0 Å². The van der Waals surface area contributed by atoms with E-state index in [0.29, 0.717) is 21.6 Å². The highest BCUT2D eigenvalue weighted by Crippen LogP contribution is 2.20. The van der Waals surface area contributed by atoms with Crippen LogP contribution in [-0.2, 0) is 0 Å². The molecule has 0 saturated carbocycles. The van der Waals surface area contributed by atoms with Gasteiger partial charge in [-0.05, 0) is 24.3 Å². The van der Waals surface area contributed by atoms with Crippen LogP contribution in [0, 0.1) is 11.8 Å². The van der Waals surface area contributed by atoms with E-state index in [9.17, 15) is 4.79 Å². The molecule has 2 nitrogen and oxygen atoms in total. The summed E-state index contributed by atoms with van der Waals surface area (Å²) >= 11 is 5.99. The van der Waals surface area contributed by atoms with Crippen LogP contribution in [0.25, 0.3) is 11.0 Å². The van der Waals surface area contributed by atoms with Gasteiger partial charge in [0.25, 0.3) is 0 Å². The summed E-state index contributed by atoms with van der Waals surface area (Å²) in [5.41, 5.74) is 1.39. The summed E-state index contributed by atoms with van der Waals surface area (Å²) in [6, 6.07) is 14.6. The summed E-state index contributed by atoms with van der Waals surface area (Å²) in [6.07, 6.45) is 1.35. The van der Waals surface area contributed by atoms with Crippen molar-refractivity contribution in [1.82, 2.24) is 0 Å². The Hall–Kier alpha value is -2.50. The van der Waals surface area contributed by atoms with Gasteiger partial charge >= 0.3 is 0 Å². The van der Waals surface area contributed by atoms with Gasteiger partial charge in [-0.3, -0.25) is 4.79 Å². The molecule has 0 saturated heterocycles. The van der Waals surface area contributed by atoms with Gasteiger partial charge in [0.15, 0.2) is 5.58 Å². The summed E-state index contributed by atoms with van der Waals surface area (Å²) in [6.45, 7) is 0. The maximum Gasteiger partial charge on any atom is 0.208 e. The van der Waals surface area contributed by atoms with E-state index >= 15 is 0 Å². The predicted octanol–water partition coefficient (Wildman–Crippen LogP) is 3.85. The van der Waals surface area contributed by atoms with Crippen molar-refractivity contribution in [3.8, 4) is 11.8 Å². The molecular weight excluding hydrogens is 272 g/mol. The van der Waals surface area contributed by atoms with E-state index in [-0.39, 0.29) is 5.43 Å². The first-order chi connectivity index (χ1) is 9.75. The molecular formula is C17H9ClO2. The van der Waals surface area contributed by atoms with Gasteiger partial charge in [-0.25, -0.2) is 0 Å². The van der Waals surface area contributed by atoms with E-state index in [4.69, 9.17) is 16.0 Å². The van der Waals surface area contributed by atoms with Gasteiger partial charge in [0.05, 0.1) is 10.4 Å². The molecule has 0 unspecified atom stereocenters. The first kappa shape index (κ1) is 12.5. The van der Waals surface area contributed by atoms with Crippen molar-refractivity contribution in [1.29, 1.82) is 0 Å². The zero-order valence-electron chi connectivity index (χ0n) is 10.4. The second-order valence-electron chi connectivity index (χ2n) is 4.21. The highest BCUT2D eigenvalue weighted by atomic mass is 35.5. The Bertz CT molecular complexity index is 883. The summed E-state index contributed by atoms with van der Waals surface area (Å²) in [4.78, 5) is 12.3. The predicted molar refractivity (Wildman–Crippen MR) is 79.9 cm³/mol. The van der Waals surface area contributed by atoms with E-state index in [2.05, 4.69) is 11.8 Å². The molecule has 0 N–H and O–H groups in total. The number of rotatable bonds is 0. The second-order valence-corrected chi connectivity index (χ2v) is 4.62. The molecule has 96 valence electrons. The summed E-state index contributed by atoms with van der Waals surface area (Å²) in [5, 5.41) is 0.861. The molecule has 1 aromatic heterocycles. The van der Waals surface area contributed by atoms with Gasteiger partial charge in [0.1, 0.15) is 11.8 Å². The van der Waals surface area contributed by atoms with Crippen LogP contribution < -0.4 is 5.43 Å². The number of hydrogen-bond acceptors (Lipinski definition) is 2. The Labute approximate surface area is 120 Å². The van der Waals surface area contributed by atoms with Crippen LogP contribution in [0.3, 0.4) is 0 Å². The van der Waals surface area contributed by atoms with Crippen LogP contribution in [0.15, 0.2) is 64.0 Å². The van der Waals surface area contributed by atoms with E-state index in [0.717, 1.165) is 5.56 Å². The van der Waals surface area contributed by atoms with Crippen LogP contribution >= 0.6 is 11.6 Å². The molecule has 0 fully saturated rings. The van der Waals surface area contributed by atoms with Gasteiger partial charge in [0.2, 0.25) is 5.43 Å². The average Bonchev–Trinajstić information content (AvgIpc) is 2.48. The summed E-state index contributed by atoms with van der Waals surface area (Å²) in [7, 11) is 0. The third-order valence-electron chi connectivity index (χ3n) is 2.87. The van der Waals surface area contributed by atoms with Crippen molar-refractivity contribution in [3.05, 3.63) is 81.2 Å². The molecule has 0 aliphatic rings. The van der Waals surface area contributed by atoms with Crippen LogP contribution in [0.2, 0.25) is 5.02 Å². The molecule has 0 atom stereocenters. The van der Waals surface area contributed by atoms with Crippen LogP contribution in [-0.4, -0.2) is 0 Å². The zero-order valence-corrected chi connectivity index (χ0v) is 11.1. The Morgan fingerprint density at radius 2 is 1.75 bits per heavy atom. The molecule has 1 heterocycles. The lowest BCUT2D eigenvalue weighted by atomic mass is 10.1. The lowest BCUT2D eigenvalue weighted by molar-refractivity contribution is 0.601. The SMILES string of the molecule is O=c1c(C#Cc2ccccc2)coc2c(Cl)cccc12. The van der Waals surface area contributed by atoms with Crippen LogP contribution in [0.1, 0.15) is 11.1 Å². The molecule has 0 aliphatic carbocycles. The van der Waals surface area contributed by atoms with Crippen molar-refractivity contribution in [2.75, 3.05) is 0 Å². The topological polar surface area (TPSA) is 30.2 Å². The average molecular weight is 281 g/mol. The molecule has 0 aliphatic heterocycles. The molecule has 0 amide bonds. The molecule has 3 heteroatoms. The molecule has 20 heavy (non-hydrogen) atoms. The Morgan fingerprint density at radius 1 is 0.950 bits per heavy atom. The van der Waals surface area contributed by atoms with Gasteiger partial charge in [0, 0.05) is 5.56 Å². The fourth-order valence-corrected chi connectivity index (χ4v) is 2.09. The van der Waals surface area contributed by atoms with Crippen molar-refractivity contribution in [2.24, 2.45) is 0 Å². The lowest BCUT2D eigenvalue weighted by Crippen LogP contribution is -2.05. The minimum atomic E-state index is -0.169. The molecule has 0 radical (unpaired) electrons. The third-order valence-corrected chi connectivity index (χ3v) is 3.16. The molecule has 0 spiro atoms. The molecule has 3 rings (SSSR count). The Morgan fingerprint density at radius 3 is 2.55 bits per heavy atom. The molecule has 2 aromatic carbocycles. The lowest BCUT2D eigenvalue weighted by Gasteiger charge is -1.98. The van der Waals surface area contributed by atoms with E-state index < -0.39 is 0 Å². The fraction of sp³-hybridized carbons (Fsp3) is 0. The summed E-state index contributed by atoms with van der Waals surface area (Å²) < 4.78 is 5.41. The maximum absolute atomic E-state index is 12.3. The van der Waals surface area contributed by atoms with Crippen molar-refractivity contribution in [2.45, 2.75) is 0 Å². The highest BCUT2D eigenvalue weighted by Gasteiger charge is 2.07.